The molecule has 1 N–H and O–H groups in total. The van der Waals surface area contributed by atoms with Crippen molar-refractivity contribution in [2.75, 3.05) is 0 Å². The Balaban J connectivity index is 2.36. The van der Waals surface area contributed by atoms with E-state index in [0.717, 1.165) is 19.3 Å². The Kier molecular flexibility index (Phi) is 3.11. The van der Waals surface area contributed by atoms with Crippen molar-refractivity contribution < 1.29 is 5.11 Å². The van der Waals surface area contributed by atoms with E-state index in [1.54, 1.807) is 17.1 Å². The van der Waals surface area contributed by atoms with Crippen molar-refractivity contribution in [2.45, 2.75) is 32.4 Å². The smallest absolute Gasteiger partial charge is 0.146 e. The SMILES string of the molecule is CCCCC(O)n1cccn1. The topological polar surface area (TPSA) is 38.0 Å². The van der Waals surface area contributed by atoms with E-state index in [1.165, 1.54) is 0 Å². The molecule has 0 aliphatic heterocycles. The molecule has 0 saturated carbocycles. The van der Waals surface area contributed by atoms with Crippen LogP contribution in [-0.4, -0.2) is 14.9 Å². The number of aliphatic hydroxyl groups excluding tert-OH is 1. The van der Waals surface area contributed by atoms with Crippen molar-refractivity contribution >= 4 is 0 Å². The fraction of sp³-hybridized carbons (Fsp3) is 0.625. The first-order chi connectivity index (χ1) is 5.34. The molecule has 0 saturated heterocycles. The second-order valence-corrected chi connectivity index (χ2v) is 2.61. The predicted octanol–water partition coefficient (Wildman–Crippen LogP) is 1.56. The lowest BCUT2D eigenvalue weighted by atomic mass is 10.2. The molecule has 1 aromatic rings. The van der Waals surface area contributed by atoms with Crippen molar-refractivity contribution in [1.82, 2.24) is 9.78 Å². The quantitative estimate of drug-likeness (QED) is 0.714. The van der Waals surface area contributed by atoms with Crippen LogP contribution in [0.5, 0.6) is 0 Å². The van der Waals surface area contributed by atoms with Crippen LogP contribution in [0.15, 0.2) is 18.5 Å². The second kappa shape index (κ2) is 4.13. The molecule has 0 aliphatic carbocycles. The largest absolute Gasteiger partial charge is 0.372 e. The maximum Gasteiger partial charge on any atom is 0.146 e. The molecule has 0 bridgehead atoms. The predicted molar refractivity (Wildman–Crippen MR) is 43.0 cm³/mol. The average molecular weight is 154 g/mol. The van der Waals surface area contributed by atoms with Gasteiger partial charge in [0.2, 0.25) is 0 Å². The molecular weight excluding hydrogens is 140 g/mol. The number of rotatable bonds is 4. The maximum absolute atomic E-state index is 9.44. The van der Waals surface area contributed by atoms with Crippen LogP contribution in [0.25, 0.3) is 0 Å². The molecular formula is C8H14N2O. The first kappa shape index (κ1) is 8.27. The van der Waals surface area contributed by atoms with Gasteiger partial charge in [-0.15, -0.1) is 0 Å². The normalized spacial score (nSPS) is 13.3. The van der Waals surface area contributed by atoms with Crippen LogP contribution in [0.4, 0.5) is 0 Å². The van der Waals surface area contributed by atoms with E-state index in [1.807, 2.05) is 6.07 Å². The van der Waals surface area contributed by atoms with Crippen molar-refractivity contribution in [3.8, 4) is 0 Å². The van der Waals surface area contributed by atoms with E-state index in [4.69, 9.17) is 0 Å². The summed E-state index contributed by atoms with van der Waals surface area (Å²) in [5.41, 5.74) is 0. The van der Waals surface area contributed by atoms with Gasteiger partial charge in [-0.2, -0.15) is 5.10 Å². The molecule has 0 amide bonds. The molecule has 1 rings (SSSR count). The molecule has 3 nitrogen and oxygen atoms in total. The molecule has 1 heterocycles. The van der Waals surface area contributed by atoms with Gasteiger partial charge in [-0.3, -0.25) is 0 Å². The van der Waals surface area contributed by atoms with Crippen molar-refractivity contribution in [3.05, 3.63) is 18.5 Å². The molecule has 0 fully saturated rings. The maximum atomic E-state index is 9.44. The molecule has 0 aliphatic rings. The molecule has 11 heavy (non-hydrogen) atoms. The Morgan fingerprint density at radius 3 is 3.00 bits per heavy atom. The summed E-state index contributed by atoms with van der Waals surface area (Å²) < 4.78 is 1.58. The third kappa shape index (κ3) is 2.35. The molecule has 1 aromatic heterocycles. The summed E-state index contributed by atoms with van der Waals surface area (Å²) in [6.07, 6.45) is 5.96. The zero-order valence-corrected chi connectivity index (χ0v) is 6.77. The Bertz CT molecular complexity index is 184. The Hall–Kier alpha value is -0.830. The van der Waals surface area contributed by atoms with Crippen molar-refractivity contribution in [2.24, 2.45) is 0 Å². The van der Waals surface area contributed by atoms with Gasteiger partial charge in [-0.25, -0.2) is 4.68 Å². The summed E-state index contributed by atoms with van der Waals surface area (Å²) >= 11 is 0. The minimum atomic E-state index is -0.440. The average Bonchev–Trinajstić information content (AvgIpc) is 2.52. The number of hydrogen-bond donors (Lipinski definition) is 1. The number of unbranched alkanes of at least 4 members (excludes halogenated alkanes) is 1. The van der Waals surface area contributed by atoms with Gasteiger partial charge in [-0.1, -0.05) is 13.3 Å². The summed E-state index contributed by atoms with van der Waals surface area (Å²) in [5, 5.41) is 13.4. The molecule has 62 valence electrons. The second-order valence-electron chi connectivity index (χ2n) is 2.61. The first-order valence-electron chi connectivity index (χ1n) is 4.01. The third-order valence-corrected chi connectivity index (χ3v) is 1.65. The van der Waals surface area contributed by atoms with Gasteiger partial charge in [0.1, 0.15) is 6.23 Å². The molecule has 0 aromatic carbocycles. The first-order valence-corrected chi connectivity index (χ1v) is 4.01. The van der Waals surface area contributed by atoms with Gasteiger partial charge in [0.15, 0.2) is 0 Å². The highest BCUT2D eigenvalue weighted by Crippen LogP contribution is 2.09. The zero-order valence-electron chi connectivity index (χ0n) is 6.77. The lowest BCUT2D eigenvalue weighted by Crippen LogP contribution is -2.07. The molecule has 1 unspecified atom stereocenters. The van der Waals surface area contributed by atoms with Crippen LogP contribution >= 0.6 is 0 Å². The van der Waals surface area contributed by atoms with Crippen LogP contribution in [-0.2, 0) is 0 Å². The fourth-order valence-electron chi connectivity index (χ4n) is 0.976. The van der Waals surface area contributed by atoms with E-state index < -0.39 is 6.23 Å². The summed E-state index contributed by atoms with van der Waals surface area (Å²) in [4.78, 5) is 0. The minimum Gasteiger partial charge on any atom is -0.372 e. The van der Waals surface area contributed by atoms with Gasteiger partial charge in [0.25, 0.3) is 0 Å². The highest BCUT2D eigenvalue weighted by molar-refractivity contribution is 4.78. The van der Waals surface area contributed by atoms with Gasteiger partial charge >= 0.3 is 0 Å². The Morgan fingerprint density at radius 2 is 2.45 bits per heavy atom. The fourth-order valence-corrected chi connectivity index (χ4v) is 0.976. The Morgan fingerprint density at radius 1 is 1.64 bits per heavy atom. The number of aliphatic hydroxyl groups is 1. The highest BCUT2D eigenvalue weighted by Gasteiger charge is 2.03. The molecule has 0 spiro atoms. The highest BCUT2D eigenvalue weighted by atomic mass is 16.3. The van der Waals surface area contributed by atoms with Crippen LogP contribution < -0.4 is 0 Å². The van der Waals surface area contributed by atoms with Crippen molar-refractivity contribution in [3.63, 3.8) is 0 Å². The van der Waals surface area contributed by atoms with Gasteiger partial charge in [0.05, 0.1) is 0 Å². The lowest BCUT2D eigenvalue weighted by Gasteiger charge is -2.09. The molecule has 0 radical (unpaired) electrons. The number of hydrogen-bond acceptors (Lipinski definition) is 2. The Labute approximate surface area is 66.7 Å². The van der Waals surface area contributed by atoms with Crippen LogP contribution in [0.1, 0.15) is 32.4 Å². The van der Waals surface area contributed by atoms with Gasteiger partial charge in [-0.05, 0) is 18.9 Å². The third-order valence-electron chi connectivity index (χ3n) is 1.65. The van der Waals surface area contributed by atoms with E-state index >= 15 is 0 Å². The standard InChI is InChI=1S/C8H14N2O/c1-2-3-5-8(11)10-7-4-6-9-10/h4,6-8,11H,2-3,5H2,1H3. The zero-order chi connectivity index (χ0) is 8.10. The summed E-state index contributed by atoms with van der Waals surface area (Å²) in [7, 11) is 0. The number of nitrogens with zero attached hydrogens (tertiary/aromatic N) is 2. The summed E-state index contributed by atoms with van der Waals surface area (Å²) in [6, 6.07) is 1.81. The van der Waals surface area contributed by atoms with Crippen LogP contribution in [0.3, 0.4) is 0 Å². The van der Waals surface area contributed by atoms with E-state index in [0.29, 0.717) is 0 Å². The van der Waals surface area contributed by atoms with Crippen molar-refractivity contribution in [1.29, 1.82) is 0 Å². The number of aromatic nitrogens is 2. The minimum absolute atomic E-state index is 0.440. The summed E-state index contributed by atoms with van der Waals surface area (Å²) in [6.45, 7) is 2.11. The molecule has 3 heteroatoms. The van der Waals surface area contributed by atoms with Gasteiger partial charge < -0.3 is 5.11 Å². The van der Waals surface area contributed by atoms with E-state index in [2.05, 4.69) is 12.0 Å². The van der Waals surface area contributed by atoms with Gasteiger partial charge in [0, 0.05) is 12.4 Å². The summed E-state index contributed by atoms with van der Waals surface area (Å²) in [5.74, 6) is 0. The monoisotopic (exact) mass is 154 g/mol. The lowest BCUT2D eigenvalue weighted by molar-refractivity contribution is 0.0791. The van der Waals surface area contributed by atoms with E-state index in [-0.39, 0.29) is 0 Å². The van der Waals surface area contributed by atoms with E-state index in [9.17, 15) is 5.11 Å². The van der Waals surface area contributed by atoms with Crippen LogP contribution in [0, 0.1) is 0 Å². The molecule has 1 atom stereocenters. The van der Waals surface area contributed by atoms with Crippen LogP contribution in [0.2, 0.25) is 0 Å².